The Morgan fingerprint density at radius 3 is 2.58 bits per heavy atom. The fourth-order valence-corrected chi connectivity index (χ4v) is 5.03. The lowest BCUT2D eigenvalue weighted by atomic mass is 9.70. The summed E-state index contributed by atoms with van der Waals surface area (Å²) in [6.45, 7) is 4.34. The van der Waals surface area contributed by atoms with Crippen LogP contribution in [-0.4, -0.2) is 65.1 Å². The van der Waals surface area contributed by atoms with Gasteiger partial charge in [-0.15, -0.1) is 0 Å². The van der Waals surface area contributed by atoms with Gasteiger partial charge in [-0.3, -0.25) is 14.6 Å². The number of carbonyl (C=O) groups is 1. The van der Waals surface area contributed by atoms with Crippen molar-refractivity contribution in [1.29, 1.82) is 0 Å². The van der Waals surface area contributed by atoms with E-state index in [9.17, 15) is 9.90 Å². The molecule has 1 N–H and O–H groups in total. The molecule has 0 saturated carbocycles. The summed E-state index contributed by atoms with van der Waals surface area (Å²) in [5.74, 6) is 1.88. The standard InChI is InChI=1S/C15H24N2O2/c18-12-1-3-16-8-10-5-11(14(16)6-12)9-17-4-2-13(19)7-15(10)17/h10-12,14-15,18H,1-9H2/t10-,11-,12-,14-,15+/m0/s1. The molecule has 106 valence electrons. The summed E-state index contributed by atoms with van der Waals surface area (Å²) in [5.41, 5.74) is 0. The summed E-state index contributed by atoms with van der Waals surface area (Å²) in [6, 6.07) is 1.11. The average molecular weight is 264 g/mol. The van der Waals surface area contributed by atoms with Gasteiger partial charge in [0.25, 0.3) is 0 Å². The Morgan fingerprint density at radius 1 is 1.00 bits per heavy atom. The number of ketones is 1. The van der Waals surface area contributed by atoms with Gasteiger partial charge in [-0.1, -0.05) is 0 Å². The second kappa shape index (κ2) is 4.54. The molecule has 2 bridgehead atoms. The van der Waals surface area contributed by atoms with E-state index in [1.807, 2.05) is 0 Å². The molecule has 4 heteroatoms. The summed E-state index contributed by atoms with van der Waals surface area (Å²) >= 11 is 0. The van der Waals surface area contributed by atoms with Gasteiger partial charge in [0.15, 0.2) is 0 Å². The first-order chi connectivity index (χ1) is 9.20. The second-order valence-corrected chi connectivity index (χ2v) is 7.05. The number of aliphatic hydroxyl groups excluding tert-OH is 1. The van der Waals surface area contributed by atoms with E-state index in [1.165, 1.54) is 6.42 Å². The summed E-state index contributed by atoms with van der Waals surface area (Å²) in [4.78, 5) is 16.9. The van der Waals surface area contributed by atoms with Crippen LogP contribution < -0.4 is 0 Å². The highest BCUT2D eigenvalue weighted by Crippen LogP contribution is 2.42. The van der Waals surface area contributed by atoms with Crippen molar-refractivity contribution in [1.82, 2.24) is 9.80 Å². The van der Waals surface area contributed by atoms with Crippen LogP contribution in [0, 0.1) is 11.8 Å². The van der Waals surface area contributed by atoms with E-state index >= 15 is 0 Å². The summed E-state index contributed by atoms with van der Waals surface area (Å²) in [7, 11) is 0. The van der Waals surface area contributed by atoms with Gasteiger partial charge < -0.3 is 5.11 Å². The monoisotopic (exact) mass is 264 g/mol. The smallest absolute Gasteiger partial charge is 0.135 e. The predicted octanol–water partition coefficient (Wildman–Crippen LogP) is 0.495. The quantitative estimate of drug-likeness (QED) is 0.692. The molecule has 4 nitrogen and oxygen atoms in total. The van der Waals surface area contributed by atoms with E-state index in [0.29, 0.717) is 23.8 Å². The molecule has 0 aromatic rings. The van der Waals surface area contributed by atoms with Crippen LogP contribution in [0.5, 0.6) is 0 Å². The van der Waals surface area contributed by atoms with Gasteiger partial charge in [0.1, 0.15) is 5.78 Å². The van der Waals surface area contributed by atoms with Gasteiger partial charge in [0.2, 0.25) is 0 Å². The van der Waals surface area contributed by atoms with Crippen LogP contribution in [0.25, 0.3) is 0 Å². The molecule has 4 aliphatic rings. The Bertz CT molecular complexity index is 386. The van der Waals surface area contributed by atoms with Crippen molar-refractivity contribution in [2.75, 3.05) is 26.2 Å². The normalized spacial score (nSPS) is 47.6. The van der Waals surface area contributed by atoms with Crippen molar-refractivity contribution < 1.29 is 9.90 Å². The maximum Gasteiger partial charge on any atom is 0.135 e. The van der Waals surface area contributed by atoms with Crippen LogP contribution in [0.15, 0.2) is 0 Å². The van der Waals surface area contributed by atoms with E-state index in [1.54, 1.807) is 0 Å². The van der Waals surface area contributed by atoms with Gasteiger partial charge in [0, 0.05) is 51.1 Å². The van der Waals surface area contributed by atoms with Crippen molar-refractivity contribution in [2.24, 2.45) is 11.8 Å². The number of nitrogens with zero attached hydrogens (tertiary/aromatic N) is 2. The molecule has 0 amide bonds. The van der Waals surface area contributed by atoms with E-state index in [0.717, 1.165) is 57.8 Å². The molecule has 5 atom stereocenters. The third-order valence-corrected chi connectivity index (χ3v) is 5.95. The number of rotatable bonds is 0. The minimum Gasteiger partial charge on any atom is -0.393 e. The highest BCUT2D eigenvalue weighted by atomic mass is 16.3. The lowest BCUT2D eigenvalue weighted by Crippen LogP contribution is -2.64. The highest BCUT2D eigenvalue weighted by Gasteiger charge is 2.48. The lowest BCUT2D eigenvalue weighted by Gasteiger charge is -2.57. The molecular formula is C15H24N2O2. The highest BCUT2D eigenvalue weighted by molar-refractivity contribution is 5.80. The zero-order valence-electron chi connectivity index (χ0n) is 11.5. The van der Waals surface area contributed by atoms with Gasteiger partial charge in [-0.05, 0) is 31.1 Å². The van der Waals surface area contributed by atoms with Crippen LogP contribution in [0.1, 0.15) is 32.1 Å². The van der Waals surface area contributed by atoms with Crippen LogP contribution in [0.3, 0.4) is 0 Å². The summed E-state index contributed by atoms with van der Waals surface area (Å²) < 4.78 is 0. The third kappa shape index (κ3) is 2.05. The molecule has 4 saturated heterocycles. The van der Waals surface area contributed by atoms with Crippen molar-refractivity contribution >= 4 is 5.78 Å². The van der Waals surface area contributed by atoms with E-state index in [2.05, 4.69) is 9.80 Å². The number of piperidine rings is 4. The van der Waals surface area contributed by atoms with Gasteiger partial charge in [0.05, 0.1) is 6.10 Å². The van der Waals surface area contributed by atoms with Crippen LogP contribution in [0.2, 0.25) is 0 Å². The molecule has 0 aromatic heterocycles. The number of Topliss-reactive ketones (excluding diaryl/α,β-unsaturated/α-hetero) is 1. The molecule has 4 heterocycles. The predicted molar refractivity (Wildman–Crippen MR) is 71.8 cm³/mol. The fraction of sp³-hybridized carbons (Fsp3) is 0.933. The SMILES string of the molecule is O=C1CCN2C[C@@H]3C[C@@H](CN4CC[C@H](O)C[C@@H]34)[C@H]2C1. The Kier molecular flexibility index (Phi) is 2.94. The zero-order valence-corrected chi connectivity index (χ0v) is 11.5. The molecule has 0 aliphatic carbocycles. The molecule has 0 aromatic carbocycles. The number of aliphatic hydroxyl groups is 1. The lowest BCUT2D eigenvalue weighted by molar-refractivity contribution is -0.131. The van der Waals surface area contributed by atoms with E-state index in [4.69, 9.17) is 0 Å². The first-order valence-corrected chi connectivity index (χ1v) is 7.88. The maximum absolute atomic E-state index is 11.7. The molecule has 4 rings (SSSR count). The first kappa shape index (κ1) is 12.3. The minimum absolute atomic E-state index is 0.0848. The van der Waals surface area contributed by atoms with Crippen molar-refractivity contribution in [3.8, 4) is 0 Å². The summed E-state index contributed by atoms with van der Waals surface area (Å²) in [5, 5.41) is 9.93. The van der Waals surface area contributed by atoms with E-state index < -0.39 is 0 Å². The van der Waals surface area contributed by atoms with Crippen molar-refractivity contribution in [3.05, 3.63) is 0 Å². The number of fused-ring (bicyclic) bond motifs is 6. The molecule has 0 radical (unpaired) electrons. The number of carbonyl (C=O) groups excluding carboxylic acids is 1. The Labute approximate surface area is 114 Å². The molecule has 4 fully saturated rings. The van der Waals surface area contributed by atoms with Gasteiger partial charge in [-0.2, -0.15) is 0 Å². The van der Waals surface area contributed by atoms with Crippen LogP contribution >= 0.6 is 0 Å². The number of hydrogen-bond acceptors (Lipinski definition) is 4. The molecule has 19 heavy (non-hydrogen) atoms. The van der Waals surface area contributed by atoms with Crippen LogP contribution in [-0.2, 0) is 4.79 Å². The fourth-order valence-electron chi connectivity index (χ4n) is 5.03. The molecule has 0 unspecified atom stereocenters. The van der Waals surface area contributed by atoms with Crippen molar-refractivity contribution in [2.45, 2.75) is 50.3 Å². The topological polar surface area (TPSA) is 43.8 Å². The average Bonchev–Trinajstić information content (AvgIpc) is 2.41. The molecule has 4 aliphatic heterocycles. The van der Waals surface area contributed by atoms with Crippen molar-refractivity contribution in [3.63, 3.8) is 0 Å². The Hall–Kier alpha value is -0.450. The Balaban J connectivity index is 1.55. The largest absolute Gasteiger partial charge is 0.393 e. The van der Waals surface area contributed by atoms with Gasteiger partial charge >= 0.3 is 0 Å². The molecular weight excluding hydrogens is 240 g/mol. The van der Waals surface area contributed by atoms with Crippen LogP contribution in [0.4, 0.5) is 0 Å². The Morgan fingerprint density at radius 2 is 1.74 bits per heavy atom. The van der Waals surface area contributed by atoms with Gasteiger partial charge in [-0.25, -0.2) is 0 Å². The summed E-state index contributed by atoms with van der Waals surface area (Å²) in [6.07, 6.45) is 4.64. The maximum atomic E-state index is 11.7. The second-order valence-electron chi connectivity index (χ2n) is 7.05. The van der Waals surface area contributed by atoms with E-state index in [-0.39, 0.29) is 6.10 Å². The molecule has 0 spiro atoms. The first-order valence-electron chi connectivity index (χ1n) is 7.88. The third-order valence-electron chi connectivity index (χ3n) is 5.95. The number of hydrogen-bond donors (Lipinski definition) is 1. The zero-order chi connectivity index (χ0) is 13.0. The minimum atomic E-state index is -0.0848.